The number of nitrogens with zero attached hydrogens (tertiary/aromatic N) is 8. The lowest BCUT2D eigenvalue weighted by Crippen LogP contribution is -2.42. The molecule has 3 aromatic rings. The molecule has 2 aliphatic rings. The number of carbonyl (C=O) groups excluding carboxylic acids is 1. The number of carbonyl (C=O) groups is 1. The quantitative estimate of drug-likeness (QED) is 0.512. The van der Waals surface area contributed by atoms with Crippen LogP contribution in [0.25, 0.3) is 11.2 Å². The molecule has 0 aromatic carbocycles. The van der Waals surface area contributed by atoms with Gasteiger partial charge in [0, 0.05) is 43.2 Å². The lowest BCUT2D eigenvalue weighted by atomic mass is 9.77. The average Bonchev–Trinajstić information content (AvgIpc) is 3.33. The molecule has 0 aliphatic carbocycles. The lowest BCUT2D eigenvalue weighted by Gasteiger charge is -2.39. The van der Waals surface area contributed by atoms with Crippen LogP contribution in [0.5, 0.6) is 0 Å². The van der Waals surface area contributed by atoms with Crippen molar-refractivity contribution in [3.05, 3.63) is 30.0 Å². The number of piperidine rings is 1. The fourth-order valence-corrected chi connectivity index (χ4v) is 4.72. The molecule has 5 heterocycles. The summed E-state index contributed by atoms with van der Waals surface area (Å²) in [6, 6.07) is 1.38. The van der Waals surface area contributed by atoms with Crippen molar-refractivity contribution >= 4 is 28.7 Å². The van der Waals surface area contributed by atoms with Crippen LogP contribution in [0, 0.1) is 12.3 Å². The first-order valence-electron chi connectivity index (χ1n) is 11.0. The largest absolute Gasteiger partial charge is 0.451 e. The SMILES string of the molecule is Cc1cc(N2CC3(CCN(c4cnc5cnn(CC(F)F)c5n4)CC3)CC2=O)nc(C(F)(F)F)n1. The standard InChI is InChI=1S/C21H21F5N8O/c1-12-6-15(31-19(29-12)21(24,25)26)33-11-20(7-17(33)35)2-4-32(5-3-20)16-9-27-13-8-28-34(10-14(22)23)18(13)30-16/h6,8-9,14H,2-5,7,10-11H2,1H3. The number of aromatic nitrogens is 6. The van der Waals surface area contributed by atoms with Gasteiger partial charge in [0.2, 0.25) is 11.7 Å². The molecule has 2 fully saturated rings. The molecular weight excluding hydrogens is 475 g/mol. The van der Waals surface area contributed by atoms with Gasteiger partial charge >= 0.3 is 6.18 Å². The van der Waals surface area contributed by atoms with Crippen molar-refractivity contribution < 1.29 is 26.7 Å². The van der Waals surface area contributed by atoms with E-state index in [1.54, 1.807) is 6.20 Å². The van der Waals surface area contributed by atoms with Gasteiger partial charge in [-0.25, -0.2) is 33.4 Å². The van der Waals surface area contributed by atoms with Crippen LogP contribution in [0.1, 0.15) is 30.8 Å². The summed E-state index contributed by atoms with van der Waals surface area (Å²) >= 11 is 0. The van der Waals surface area contributed by atoms with Crippen LogP contribution in [0.15, 0.2) is 18.5 Å². The second kappa shape index (κ2) is 8.34. The summed E-state index contributed by atoms with van der Waals surface area (Å²) in [6.07, 6.45) is -2.94. The molecule has 2 aliphatic heterocycles. The van der Waals surface area contributed by atoms with Crippen LogP contribution < -0.4 is 9.80 Å². The van der Waals surface area contributed by atoms with Crippen LogP contribution in [0.2, 0.25) is 0 Å². The van der Waals surface area contributed by atoms with E-state index in [4.69, 9.17) is 0 Å². The van der Waals surface area contributed by atoms with Crippen LogP contribution in [-0.4, -0.2) is 61.7 Å². The van der Waals surface area contributed by atoms with E-state index in [0.29, 0.717) is 37.3 Å². The van der Waals surface area contributed by atoms with Crippen molar-refractivity contribution in [3.63, 3.8) is 0 Å². The topological polar surface area (TPSA) is 92.9 Å². The molecule has 1 amide bonds. The lowest BCUT2D eigenvalue weighted by molar-refractivity contribution is -0.145. The summed E-state index contributed by atoms with van der Waals surface area (Å²) in [7, 11) is 0. The molecule has 0 bridgehead atoms. The summed E-state index contributed by atoms with van der Waals surface area (Å²) in [5.74, 6) is -1.07. The second-order valence-electron chi connectivity index (χ2n) is 8.99. The maximum absolute atomic E-state index is 13.2. The van der Waals surface area contributed by atoms with Gasteiger partial charge in [0.05, 0.1) is 12.4 Å². The van der Waals surface area contributed by atoms with Crippen molar-refractivity contribution in [2.75, 3.05) is 29.4 Å². The summed E-state index contributed by atoms with van der Waals surface area (Å²) in [4.78, 5) is 31.9. The van der Waals surface area contributed by atoms with E-state index < -0.39 is 30.4 Å². The van der Waals surface area contributed by atoms with Crippen molar-refractivity contribution in [2.45, 2.75) is 45.3 Å². The summed E-state index contributed by atoms with van der Waals surface area (Å²) in [6.45, 7) is 2.17. The maximum Gasteiger partial charge on any atom is 0.451 e. The van der Waals surface area contributed by atoms with E-state index in [-0.39, 0.29) is 36.0 Å². The fourth-order valence-electron chi connectivity index (χ4n) is 4.72. The second-order valence-corrected chi connectivity index (χ2v) is 8.99. The molecule has 0 saturated carbocycles. The molecule has 0 unspecified atom stereocenters. The Kier molecular flexibility index (Phi) is 5.55. The first-order valence-corrected chi connectivity index (χ1v) is 11.0. The van der Waals surface area contributed by atoms with Crippen molar-refractivity contribution in [1.29, 1.82) is 0 Å². The molecule has 9 nitrogen and oxygen atoms in total. The van der Waals surface area contributed by atoms with Crippen LogP contribution in [0.4, 0.5) is 33.6 Å². The first kappa shape index (κ1) is 23.3. The highest BCUT2D eigenvalue weighted by Crippen LogP contribution is 2.43. The Balaban J connectivity index is 1.32. The number of hydrogen-bond acceptors (Lipinski definition) is 7. The predicted molar refractivity (Wildman–Crippen MR) is 114 cm³/mol. The predicted octanol–water partition coefficient (Wildman–Crippen LogP) is 3.23. The molecule has 0 N–H and O–H groups in total. The molecule has 35 heavy (non-hydrogen) atoms. The molecule has 5 rings (SSSR count). The number of hydrogen-bond donors (Lipinski definition) is 0. The minimum absolute atomic E-state index is 0.0438. The van der Waals surface area contributed by atoms with Crippen LogP contribution >= 0.6 is 0 Å². The summed E-state index contributed by atoms with van der Waals surface area (Å²) in [5.41, 5.74) is 0.411. The highest BCUT2D eigenvalue weighted by molar-refractivity contribution is 5.95. The number of anilines is 2. The number of halogens is 5. The van der Waals surface area contributed by atoms with Gasteiger partial charge in [0.25, 0.3) is 6.43 Å². The molecule has 0 atom stereocenters. The normalized spacial score (nSPS) is 18.4. The number of amides is 1. The molecular formula is C21H21F5N8O. The molecule has 14 heteroatoms. The van der Waals surface area contributed by atoms with Crippen molar-refractivity contribution in [3.8, 4) is 0 Å². The van der Waals surface area contributed by atoms with E-state index in [1.165, 1.54) is 24.1 Å². The number of aryl methyl sites for hydroxylation is 1. The third kappa shape index (κ3) is 4.48. The zero-order valence-corrected chi connectivity index (χ0v) is 18.6. The minimum Gasteiger partial charge on any atom is -0.355 e. The van der Waals surface area contributed by atoms with Crippen molar-refractivity contribution in [1.82, 2.24) is 29.7 Å². The molecule has 1 spiro atoms. The van der Waals surface area contributed by atoms with Gasteiger partial charge in [-0.3, -0.25) is 9.69 Å². The number of fused-ring (bicyclic) bond motifs is 1. The Morgan fingerprint density at radius 1 is 1.09 bits per heavy atom. The zero-order valence-electron chi connectivity index (χ0n) is 18.6. The average molecular weight is 496 g/mol. The third-order valence-electron chi connectivity index (χ3n) is 6.48. The Bertz CT molecular complexity index is 1270. The smallest absolute Gasteiger partial charge is 0.355 e. The van der Waals surface area contributed by atoms with Gasteiger partial charge in [-0.2, -0.15) is 18.3 Å². The monoisotopic (exact) mass is 496 g/mol. The molecule has 2 saturated heterocycles. The van der Waals surface area contributed by atoms with Gasteiger partial charge in [0.15, 0.2) is 5.65 Å². The number of rotatable bonds is 4. The highest BCUT2D eigenvalue weighted by Gasteiger charge is 2.46. The van der Waals surface area contributed by atoms with E-state index >= 15 is 0 Å². The Morgan fingerprint density at radius 2 is 1.83 bits per heavy atom. The van der Waals surface area contributed by atoms with E-state index in [0.717, 1.165) is 4.68 Å². The van der Waals surface area contributed by atoms with Gasteiger partial charge < -0.3 is 4.90 Å². The van der Waals surface area contributed by atoms with E-state index in [9.17, 15) is 26.7 Å². The van der Waals surface area contributed by atoms with Gasteiger partial charge in [0.1, 0.15) is 23.7 Å². The Morgan fingerprint density at radius 3 is 2.51 bits per heavy atom. The molecule has 186 valence electrons. The zero-order chi connectivity index (χ0) is 25.0. The highest BCUT2D eigenvalue weighted by atomic mass is 19.4. The number of alkyl halides is 5. The minimum atomic E-state index is -4.71. The van der Waals surface area contributed by atoms with Gasteiger partial charge in [-0.05, 0) is 19.8 Å². The molecule has 0 radical (unpaired) electrons. The maximum atomic E-state index is 13.2. The Hall–Kier alpha value is -3.45. The van der Waals surface area contributed by atoms with Gasteiger partial charge in [-0.1, -0.05) is 0 Å². The van der Waals surface area contributed by atoms with E-state index in [2.05, 4.69) is 25.0 Å². The van der Waals surface area contributed by atoms with E-state index in [1.807, 2.05) is 4.90 Å². The first-order chi connectivity index (χ1) is 16.5. The molecule has 3 aromatic heterocycles. The fraction of sp³-hybridized carbons (Fsp3) is 0.524. The van der Waals surface area contributed by atoms with Crippen LogP contribution in [-0.2, 0) is 17.5 Å². The summed E-state index contributed by atoms with van der Waals surface area (Å²) < 4.78 is 66.2. The summed E-state index contributed by atoms with van der Waals surface area (Å²) in [5, 5.41) is 3.92. The third-order valence-corrected chi connectivity index (χ3v) is 6.48. The van der Waals surface area contributed by atoms with Crippen molar-refractivity contribution in [2.24, 2.45) is 5.41 Å². The van der Waals surface area contributed by atoms with Gasteiger partial charge in [-0.15, -0.1) is 0 Å². The van der Waals surface area contributed by atoms with Crippen LogP contribution in [0.3, 0.4) is 0 Å². The Labute approximate surface area is 196 Å².